The quantitative estimate of drug-likeness (QED) is 0.807. The maximum absolute atomic E-state index is 12.4. The fourth-order valence-corrected chi connectivity index (χ4v) is 4.92. The Labute approximate surface area is 149 Å². The van der Waals surface area contributed by atoms with E-state index in [-0.39, 0.29) is 24.1 Å². The van der Waals surface area contributed by atoms with Crippen molar-refractivity contribution in [3.8, 4) is 0 Å². The van der Waals surface area contributed by atoms with E-state index in [1.165, 1.54) is 4.31 Å². The van der Waals surface area contributed by atoms with Crippen LogP contribution in [0.25, 0.3) is 0 Å². The lowest BCUT2D eigenvalue weighted by atomic mass is 9.97. The van der Waals surface area contributed by atoms with Gasteiger partial charge in [-0.1, -0.05) is 6.07 Å². The van der Waals surface area contributed by atoms with Crippen LogP contribution in [0, 0.1) is 5.92 Å². The van der Waals surface area contributed by atoms with Gasteiger partial charge in [0.15, 0.2) is 0 Å². The number of aromatic nitrogens is 1. The Bertz CT molecular complexity index is 674. The molecule has 1 N–H and O–H groups in total. The van der Waals surface area contributed by atoms with Gasteiger partial charge in [0.1, 0.15) is 5.82 Å². The number of sulfonamides is 1. The Balaban J connectivity index is 1.48. The minimum Gasteiger partial charge on any atom is -0.356 e. The molecule has 0 saturated carbocycles. The normalized spacial score (nSPS) is 22.1. The zero-order valence-corrected chi connectivity index (χ0v) is 15.2. The molecule has 2 aliphatic heterocycles. The molecule has 1 aromatic rings. The van der Waals surface area contributed by atoms with Crippen molar-refractivity contribution in [1.29, 1.82) is 0 Å². The number of pyridine rings is 1. The summed E-state index contributed by atoms with van der Waals surface area (Å²) in [6.07, 6.45) is 5.37. The van der Waals surface area contributed by atoms with Gasteiger partial charge in [0.25, 0.3) is 0 Å². The lowest BCUT2D eigenvalue weighted by Gasteiger charge is -2.32. The zero-order valence-electron chi connectivity index (χ0n) is 14.4. The van der Waals surface area contributed by atoms with Gasteiger partial charge in [-0.2, -0.15) is 0 Å². The first kappa shape index (κ1) is 18.1. The van der Waals surface area contributed by atoms with E-state index in [1.807, 2.05) is 18.2 Å². The van der Waals surface area contributed by atoms with Gasteiger partial charge in [-0.05, 0) is 37.8 Å². The van der Waals surface area contributed by atoms with E-state index >= 15 is 0 Å². The van der Waals surface area contributed by atoms with Crippen molar-refractivity contribution in [3.63, 3.8) is 0 Å². The molecule has 2 aliphatic rings. The predicted molar refractivity (Wildman–Crippen MR) is 96.8 cm³/mol. The Morgan fingerprint density at radius 1 is 1.20 bits per heavy atom. The summed E-state index contributed by atoms with van der Waals surface area (Å²) in [5, 5.41) is 2.81. The summed E-state index contributed by atoms with van der Waals surface area (Å²) >= 11 is 0. The van der Waals surface area contributed by atoms with E-state index in [9.17, 15) is 13.2 Å². The summed E-state index contributed by atoms with van der Waals surface area (Å²) in [5.41, 5.74) is 0. The summed E-state index contributed by atoms with van der Waals surface area (Å²) in [4.78, 5) is 18.9. The lowest BCUT2D eigenvalue weighted by molar-refractivity contribution is -0.125. The number of anilines is 1. The number of hydrogen-bond acceptors (Lipinski definition) is 5. The SMILES string of the molecule is O=C(NCCS(=O)(=O)N1CCCC1)[C@H]1CCCN(c2ccccn2)C1. The van der Waals surface area contributed by atoms with Gasteiger partial charge in [-0.25, -0.2) is 17.7 Å². The molecular weight excluding hydrogens is 340 g/mol. The molecule has 3 rings (SSSR count). The lowest BCUT2D eigenvalue weighted by Crippen LogP contribution is -2.45. The molecule has 0 radical (unpaired) electrons. The van der Waals surface area contributed by atoms with Gasteiger partial charge >= 0.3 is 0 Å². The smallest absolute Gasteiger partial charge is 0.224 e. The minimum absolute atomic E-state index is 0.0184. The summed E-state index contributed by atoms with van der Waals surface area (Å²) in [6.45, 7) is 2.92. The van der Waals surface area contributed by atoms with E-state index in [4.69, 9.17) is 0 Å². The highest BCUT2D eigenvalue weighted by Gasteiger charge is 2.28. The largest absolute Gasteiger partial charge is 0.356 e. The molecule has 0 aliphatic carbocycles. The number of nitrogens with one attached hydrogen (secondary N) is 1. The van der Waals surface area contributed by atoms with Gasteiger partial charge in [-0.3, -0.25) is 4.79 Å². The first-order valence-corrected chi connectivity index (χ1v) is 10.6. The van der Waals surface area contributed by atoms with Gasteiger partial charge in [0, 0.05) is 38.9 Å². The molecule has 2 saturated heterocycles. The van der Waals surface area contributed by atoms with Crippen LogP contribution in [0.4, 0.5) is 5.82 Å². The highest BCUT2D eigenvalue weighted by molar-refractivity contribution is 7.89. The molecule has 0 spiro atoms. The Kier molecular flexibility index (Phi) is 5.90. The molecule has 1 aromatic heterocycles. The number of nitrogens with zero attached hydrogens (tertiary/aromatic N) is 3. The van der Waals surface area contributed by atoms with Crippen LogP contribution in [0.1, 0.15) is 25.7 Å². The van der Waals surface area contributed by atoms with Crippen LogP contribution in [0.2, 0.25) is 0 Å². The van der Waals surface area contributed by atoms with Gasteiger partial charge in [-0.15, -0.1) is 0 Å². The van der Waals surface area contributed by atoms with Crippen LogP contribution in [0.15, 0.2) is 24.4 Å². The van der Waals surface area contributed by atoms with E-state index in [2.05, 4.69) is 15.2 Å². The zero-order chi connectivity index (χ0) is 17.7. The fourth-order valence-electron chi connectivity index (χ4n) is 3.48. The molecule has 2 fully saturated rings. The van der Waals surface area contributed by atoms with Crippen molar-refractivity contribution in [3.05, 3.63) is 24.4 Å². The van der Waals surface area contributed by atoms with E-state index in [0.29, 0.717) is 19.6 Å². The van der Waals surface area contributed by atoms with Crippen molar-refractivity contribution in [2.24, 2.45) is 5.92 Å². The highest BCUT2D eigenvalue weighted by atomic mass is 32.2. The van der Waals surface area contributed by atoms with Gasteiger partial charge in [0.05, 0.1) is 11.7 Å². The molecular formula is C17H26N4O3S. The van der Waals surface area contributed by atoms with E-state index in [0.717, 1.165) is 38.0 Å². The number of carbonyl (C=O) groups is 1. The molecule has 3 heterocycles. The second-order valence-corrected chi connectivity index (χ2v) is 8.77. The molecule has 1 atom stereocenters. The van der Waals surface area contributed by atoms with Crippen molar-refractivity contribution < 1.29 is 13.2 Å². The van der Waals surface area contributed by atoms with Crippen molar-refractivity contribution in [1.82, 2.24) is 14.6 Å². The van der Waals surface area contributed by atoms with Crippen LogP contribution >= 0.6 is 0 Å². The van der Waals surface area contributed by atoms with E-state index in [1.54, 1.807) is 6.20 Å². The number of piperidine rings is 1. The second-order valence-electron chi connectivity index (χ2n) is 6.69. The van der Waals surface area contributed by atoms with Gasteiger partial charge < -0.3 is 10.2 Å². The van der Waals surface area contributed by atoms with Crippen LogP contribution in [-0.2, 0) is 14.8 Å². The molecule has 0 bridgehead atoms. The number of amides is 1. The first-order valence-electron chi connectivity index (χ1n) is 8.98. The molecule has 0 unspecified atom stereocenters. The Morgan fingerprint density at radius 2 is 2.00 bits per heavy atom. The molecule has 1 amide bonds. The predicted octanol–water partition coefficient (Wildman–Crippen LogP) is 0.840. The molecule has 7 nitrogen and oxygen atoms in total. The standard InChI is InChI=1S/C17H26N4O3S/c22-17(19-9-13-25(23,24)21-11-3-4-12-21)15-6-5-10-20(14-15)16-7-1-2-8-18-16/h1-2,7-8,15H,3-6,9-14H2,(H,19,22)/t15-/m0/s1. The minimum atomic E-state index is -3.24. The topological polar surface area (TPSA) is 82.6 Å². The fraction of sp³-hybridized carbons (Fsp3) is 0.647. The van der Waals surface area contributed by atoms with Crippen LogP contribution in [0.3, 0.4) is 0 Å². The molecule has 138 valence electrons. The number of rotatable bonds is 6. The third kappa shape index (κ3) is 4.70. The summed E-state index contributed by atoms with van der Waals surface area (Å²) in [7, 11) is -3.24. The Hall–Kier alpha value is -1.67. The van der Waals surface area contributed by atoms with Gasteiger partial charge in [0.2, 0.25) is 15.9 Å². The third-order valence-corrected chi connectivity index (χ3v) is 6.76. The monoisotopic (exact) mass is 366 g/mol. The van der Waals surface area contributed by atoms with Crippen molar-refractivity contribution >= 4 is 21.7 Å². The van der Waals surface area contributed by atoms with Crippen molar-refractivity contribution in [2.45, 2.75) is 25.7 Å². The van der Waals surface area contributed by atoms with E-state index < -0.39 is 10.0 Å². The summed E-state index contributed by atoms with van der Waals surface area (Å²) in [5.74, 6) is 0.689. The Morgan fingerprint density at radius 3 is 2.72 bits per heavy atom. The number of carbonyl (C=O) groups excluding carboxylic acids is 1. The first-order chi connectivity index (χ1) is 12.1. The maximum atomic E-state index is 12.4. The van der Waals surface area contributed by atoms with Crippen LogP contribution in [0.5, 0.6) is 0 Å². The summed E-state index contributed by atoms with van der Waals surface area (Å²) in [6, 6.07) is 5.76. The maximum Gasteiger partial charge on any atom is 0.224 e. The average Bonchev–Trinajstić information content (AvgIpc) is 3.18. The van der Waals surface area contributed by atoms with Crippen LogP contribution in [-0.4, -0.2) is 62.1 Å². The third-order valence-electron chi connectivity index (χ3n) is 4.88. The molecule has 0 aromatic carbocycles. The second kappa shape index (κ2) is 8.14. The molecule has 25 heavy (non-hydrogen) atoms. The number of hydrogen-bond donors (Lipinski definition) is 1. The van der Waals surface area contributed by atoms with Crippen molar-refractivity contribution in [2.75, 3.05) is 43.4 Å². The summed E-state index contributed by atoms with van der Waals surface area (Å²) < 4.78 is 25.9. The molecule has 8 heteroatoms. The highest BCUT2D eigenvalue weighted by Crippen LogP contribution is 2.21. The van der Waals surface area contributed by atoms with Crippen LogP contribution < -0.4 is 10.2 Å². The average molecular weight is 366 g/mol.